The molecule has 0 spiro atoms. The summed E-state index contributed by atoms with van der Waals surface area (Å²) in [5, 5.41) is 16.6. The van der Waals surface area contributed by atoms with Crippen LogP contribution in [-0.2, 0) is 6.54 Å². The summed E-state index contributed by atoms with van der Waals surface area (Å²) in [4.78, 5) is 8.78. The maximum atomic E-state index is 5.18. The molecule has 1 aliphatic rings. The van der Waals surface area contributed by atoms with Gasteiger partial charge in [0.15, 0.2) is 17.5 Å². The van der Waals surface area contributed by atoms with E-state index in [9.17, 15) is 0 Å². The third-order valence-corrected chi connectivity index (χ3v) is 4.00. The Hall–Kier alpha value is -2.81. The van der Waals surface area contributed by atoms with Gasteiger partial charge in [-0.3, -0.25) is 4.90 Å². The number of hydrogen-bond donors (Lipinski definition) is 0. The van der Waals surface area contributed by atoms with Crippen molar-refractivity contribution in [3.8, 4) is 5.82 Å². The third kappa shape index (κ3) is 3.11. The van der Waals surface area contributed by atoms with Gasteiger partial charge in [0.2, 0.25) is 5.89 Å². The van der Waals surface area contributed by atoms with Crippen LogP contribution < -0.4 is 4.90 Å². The summed E-state index contributed by atoms with van der Waals surface area (Å²) < 4.78 is 6.88. The number of nitrogens with zero attached hydrogens (tertiary/aromatic N) is 8. The number of rotatable bonds is 4. The molecule has 0 aromatic carbocycles. The molecule has 0 saturated carbocycles. The van der Waals surface area contributed by atoms with Gasteiger partial charge in [0.25, 0.3) is 0 Å². The molecule has 0 atom stereocenters. The zero-order valence-corrected chi connectivity index (χ0v) is 13.4. The highest BCUT2D eigenvalue weighted by Crippen LogP contribution is 2.15. The van der Waals surface area contributed by atoms with E-state index in [2.05, 4.69) is 35.2 Å². The molecule has 0 aliphatic carbocycles. The fourth-order valence-electron chi connectivity index (χ4n) is 2.74. The molecular weight excluding hydrogens is 308 g/mol. The Morgan fingerprint density at radius 2 is 1.88 bits per heavy atom. The van der Waals surface area contributed by atoms with E-state index in [1.165, 1.54) is 0 Å². The van der Waals surface area contributed by atoms with E-state index in [4.69, 9.17) is 4.52 Å². The number of piperazine rings is 1. The second-order valence-corrected chi connectivity index (χ2v) is 5.70. The Morgan fingerprint density at radius 1 is 1.08 bits per heavy atom. The van der Waals surface area contributed by atoms with Crippen molar-refractivity contribution in [1.82, 2.24) is 35.0 Å². The van der Waals surface area contributed by atoms with Crippen LogP contribution in [-0.4, -0.2) is 61.2 Å². The lowest BCUT2D eigenvalue weighted by atomic mass is 10.3. The van der Waals surface area contributed by atoms with E-state index in [0.717, 1.165) is 32.0 Å². The van der Waals surface area contributed by atoms with Crippen LogP contribution in [0.15, 0.2) is 35.1 Å². The van der Waals surface area contributed by atoms with Gasteiger partial charge in [-0.1, -0.05) is 5.16 Å². The molecule has 0 N–H and O–H groups in total. The van der Waals surface area contributed by atoms with E-state index < -0.39 is 0 Å². The van der Waals surface area contributed by atoms with Gasteiger partial charge in [-0.25, -0.2) is 4.68 Å². The van der Waals surface area contributed by atoms with Crippen molar-refractivity contribution < 1.29 is 4.52 Å². The predicted octanol–water partition coefficient (Wildman–Crippen LogP) is 0.676. The Bertz CT molecular complexity index is 774. The van der Waals surface area contributed by atoms with Crippen molar-refractivity contribution in [2.75, 3.05) is 31.1 Å². The van der Waals surface area contributed by atoms with Gasteiger partial charge >= 0.3 is 0 Å². The summed E-state index contributed by atoms with van der Waals surface area (Å²) >= 11 is 0. The summed E-state index contributed by atoms with van der Waals surface area (Å²) in [5.41, 5.74) is 0. The van der Waals surface area contributed by atoms with E-state index in [0.29, 0.717) is 24.1 Å². The van der Waals surface area contributed by atoms with Crippen LogP contribution in [0.4, 0.5) is 5.82 Å². The Balaban J connectivity index is 1.35. The molecule has 24 heavy (non-hydrogen) atoms. The fraction of sp³-hybridized carbons (Fsp3) is 0.400. The lowest BCUT2D eigenvalue weighted by Crippen LogP contribution is -2.46. The van der Waals surface area contributed by atoms with Gasteiger partial charge in [0.1, 0.15) is 0 Å². The van der Waals surface area contributed by atoms with Crippen molar-refractivity contribution >= 4 is 5.82 Å². The first-order valence-corrected chi connectivity index (χ1v) is 7.88. The molecule has 1 fully saturated rings. The molecule has 0 bridgehead atoms. The lowest BCUT2D eigenvalue weighted by Gasteiger charge is -2.34. The normalized spacial score (nSPS) is 15.8. The molecule has 0 amide bonds. The maximum Gasteiger partial charge on any atom is 0.240 e. The summed E-state index contributed by atoms with van der Waals surface area (Å²) in [6, 6.07) is 5.78. The average Bonchev–Trinajstić information content (AvgIpc) is 3.28. The highest BCUT2D eigenvalue weighted by molar-refractivity contribution is 5.40. The number of aryl methyl sites for hydroxylation is 1. The Kier molecular flexibility index (Phi) is 3.91. The zero-order chi connectivity index (χ0) is 16.4. The summed E-state index contributed by atoms with van der Waals surface area (Å²) in [5.74, 6) is 2.95. The fourth-order valence-corrected chi connectivity index (χ4v) is 2.74. The summed E-state index contributed by atoms with van der Waals surface area (Å²) in [6.07, 6.45) is 3.57. The molecule has 3 aromatic rings. The SMILES string of the molecule is Cc1noc(CN2CCN(c3ccc(-n4cccn4)nn3)CC2)n1. The van der Waals surface area contributed by atoms with Crippen LogP contribution in [0.5, 0.6) is 0 Å². The number of hydrogen-bond acceptors (Lipinski definition) is 8. The monoisotopic (exact) mass is 326 g/mol. The van der Waals surface area contributed by atoms with Crippen molar-refractivity contribution in [3.63, 3.8) is 0 Å². The predicted molar refractivity (Wildman–Crippen MR) is 85.7 cm³/mol. The topological polar surface area (TPSA) is 89.0 Å². The van der Waals surface area contributed by atoms with Crippen molar-refractivity contribution in [2.45, 2.75) is 13.5 Å². The van der Waals surface area contributed by atoms with Crippen LogP contribution in [0.3, 0.4) is 0 Å². The first kappa shape index (κ1) is 14.8. The molecule has 4 heterocycles. The van der Waals surface area contributed by atoms with Gasteiger partial charge in [-0.2, -0.15) is 10.1 Å². The van der Waals surface area contributed by atoms with E-state index in [1.807, 2.05) is 31.3 Å². The minimum atomic E-state index is 0.671. The lowest BCUT2D eigenvalue weighted by molar-refractivity contribution is 0.215. The average molecular weight is 326 g/mol. The number of anilines is 1. The summed E-state index contributed by atoms with van der Waals surface area (Å²) in [6.45, 7) is 6.15. The van der Waals surface area contributed by atoms with Crippen LogP contribution >= 0.6 is 0 Å². The minimum Gasteiger partial charge on any atom is -0.353 e. The minimum absolute atomic E-state index is 0.671. The highest BCUT2D eigenvalue weighted by Gasteiger charge is 2.20. The summed E-state index contributed by atoms with van der Waals surface area (Å²) in [7, 11) is 0. The van der Waals surface area contributed by atoms with Crippen LogP contribution in [0.2, 0.25) is 0 Å². The smallest absolute Gasteiger partial charge is 0.240 e. The van der Waals surface area contributed by atoms with E-state index in [-0.39, 0.29) is 0 Å². The van der Waals surface area contributed by atoms with E-state index >= 15 is 0 Å². The van der Waals surface area contributed by atoms with Gasteiger partial charge < -0.3 is 9.42 Å². The van der Waals surface area contributed by atoms with Crippen molar-refractivity contribution in [1.29, 1.82) is 0 Å². The molecule has 124 valence electrons. The standard InChI is InChI=1S/C15H18N8O/c1-12-17-15(24-20-12)11-21-7-9-22(10-8-21)13-3-4-14(19-18-13)23-6-2-5-16-23/h2-6H,7-11H2,1H3. The second kappa shape index (κ2) is 6.36. The molecular formula is C15H18N8O. The van der Waals surface area contributed by atoms with Gasteiger partial charge in [-0.15, -0.1) is 10.2 Å². The van der Waals surface area contributed by atoms with E-state index in [1.54, 1.807) is 10.9 Å². The van der Waals surface area contributed by atoms with Crippen LogP contribution in [0, 0.1) is 6.92 Å². The first-order valence-electron chi connectivity index (χ1n) is 7.88. The van der Waals surface area contributed by atoms with Crippen molar-refractivity contribution in [3.05, 3.63) is 42.3 Å². The first-order chi connectivity index (χ1) is 11.8. The molecule has 9 nitrogen and oxygen atoms in total. The van der Waals surface area contributed by atoms with Gasteiger partial charge in [0.05, 0.1) is 6.54 Å². The van der Waals surface area contributed by atoms with Crippen molar-refractivity contribution in [2.24, 2.45) is 0 Å². The molecule has 9 heteroatoms. The van der Waals surface area contributed by atoms with Gasteiger partial charge in [-0.05, 0) is 25.1 Å². The van der Waals surface area contributed by atoms with Crippen LogP contribution in [0.25, 0.3) is 5.82 Å². The van der Waals surface area contributed by atoms with Crippen LogP contribution in [0.1, 0.15) is 11.7 Å². The molecule has 0 radical (unpaired) electrons. The second-order valence-electron chi connectivity index (χ2n) is 5.70. The molecule has 3 aromatic heterocycles. The molecule has 1 saturated heterocycles. The van der Waals surface area contributed by atoms with Gasteiger partial charge in [0, 0.05) is 38.6 Å². The molecule has 0 unspecified atom stereocenters. The molecule has 4 rings (SSSR count). The zero-order valence-electron chi connectivity index (χ0n) is 13.4. The largest absolute Gasteiger partial charge is 0.353 e. The maximum absolute atomic E-state index is 5.18. The molecule has 1 aliphatic heterocycles. The Labute approximate surface area is 138 Å². The Morgan fingerprint density at radius 3 is 2.50 bits per heavy atom. The third-order valence-electron chi connectivity index (χ3n) is 4.00. The highest BCUT2D eigenvalue weighted by atomic mass is 16.5. The quantitative estimate of drug-likeness (QED) is 0.691. The number of aromatic nitrogens is 6.